The fourth-order valence-electron chi connectivity index (χ4n) is 1.84. The van der Waals surface area contributed by atoms with Crippen LogP contribution in [-0.2, 0) is 0 Å². The van der Waals surface area contributed by atoms with Gasteiger partial charge in [0.2, 0.25) is 0 Å². The van der Waals surface area contributed by atoms with Gasteiger partial charge in [0.05, 0.1) is 45.4 Å². The van der Waals surface area contributed by atoms with Crippen molar-refractivity contribution in [3.8, 4) is 0 Å². The van der Waals surface area contributed by atoms with Crippen LogP contribution in [0.3, 0.4) is 0 Å². The highest BCUT2D eigenvalue weighted by Crippen LogP contribution is 2.36. The van der Waals surface area contributed by atoms with Crippen molar-refractivity contribution in [3.05, 3.63) is 40.4 Å². The summed E-state index contributed by atoms with van der Waals surface area (Å²) in [6.45, 7) is 1.97. The first-order chi connectivity index (χ1) is 9.66. The summed E-state index contributed by atoms with van der Waals surface area (Å²) < 4.78 is 8.42. The van der Waals surface area contributed by atoms with Gasteiger partial charge >= 0.3 is 0 Å². The minimum atomic E-state index is -0.0627. The molecule has 0 spiro atoms. The Balaban J connectivity index is 2.01. The zero-order valence-corrected chi connectivity index (χ0v) is 12.7. The van der Waals surface area contributed by atoms with Gasteiger partial charge < -0.3 is 5.32 Å². The van der Waals surface area contributed by atoms with Gasteiger partial charge in [-0.25, -0.2) is 0 Å². The number of anilines is 1. The van der Waals surface area contributed by atoms with Crippen molar-refractivity contribution >= 4 is 51.7 Å². The average Bonchev–Trinajstić information content (AvgIpc) is 2.94. The lowest BCUT2D eigenvalue weighted by atomic mass is 10.2. The molecule has 20 heavy (non-hydrogen) atoms. The molecule has 0 bridgehead atoms. The summed E-state index contributed by atoms with van der Waals surface area (Å²) in [4.78, 5) is 8.32. The first-order valence-corrected chi connectivity index (χ1v) is 7.28. The zero-order valence-electron chi connectivity index (χ0n) is 10.3. The molecule has 0 aliphatic heterocycles. The van der Waals surface area contributed by atoms with Gasteiger partial charge in [-0.15, -0.1) is 0 Å². The van der Waals surface area contributed by atoms with Crippen molar-refractivity contribution in [1.82, 2.24) is 18.7 Å². The summed E-state index contributed by atoms with van der Waals surface area (Å²) in [6, 6.07) is 1.60. The smallest absolute Gasteiger partial charge is 0.130 e. The highest BCUT2D eigenvalue weighted by molar-refractivity contribution is 7.00. The minimum Gasteiger partial charge on any atom is -0.374 e. The summed E-state index contributed by atoms with van der Waals surface area (Å²) in [5.74, 6) is 0. The Bertz CT molecular complexity index is 746. The van der Waals surface area contributed by atoms with E-state index in [4.69, 9.17) is 23.2 Å². The number of benzene rings is 1. The lowest BCUT2D eigenvalue weighted by Crippen LogP contribution is -2.09. The van der Waals surface area contributed by atoms with E-state index >= 15 is 0 Å². The van der Waals surface area contributed by atoms with E-state index in [0.29, 0.717) is 26.8 Å². The average molecular weight is 326 g/mol. The monoisotopic (exact) mass is 325 g/mol. The highest BCUT2D eigenvalue weighted by Gasteiger charge is 2.16. The number of halogens is 2. The van der Waals surface area contributed by atoms with Crippen molar-refractivity contribution in [2.24, 2.45) is 0 Å². The van der Waals surface area contributed by atoms with Gasteiger partial charge in [-0.1, -0.05) is 23.2 Å². The van der Waals surface area contributed by atoms with Gasteiger partial charge in [-0.3, -0.25) is 9.97 Å². The molecule has 1 aromatic carbocycles. The summed E-state index contributed by atoms with van der Waals surface area (Å²) >= 11 is 13.5. The maximum atomic E-state index is 6.25. The molecular weight excluding hydrogens is 317 g/mol. The lowest BCUT2D eigenvalue weighted by Gasteiger charge is -2.16. The van der Waals surface area contributed by atoms with Gasteiger partial charge in [-0.2, -0.15) is 8.75 Å². The Labute approximate surface area is 129 Å². The van der Waals surface area contributed by atoms with Crippen LogP contribution in [0.15, 0.2) is 24.7 Å². The SMILES string of the molecule is CC(Nc1c(Cl)cc(Cl)c2nsnc12)c1cnccn1. The molecule has 3 rings (SSSR count). The van der Waals surface area contributed by atoms with Crippen LogP contribution >= 0.6 is 34.9 Å². The molecule has 0 amide bonds. The highest BCUT2D eigenvalue weighted by atomic mass is 35.5. The second-order valence-electron chi connectivity index (χ2n) is 4.17. The van der Waals surface area contributed by atoms with E-state index in [1.165, 1.54) is 0 Å². The number of fused-ring (bicyclic) bond motifs is 1. The van der Waals surface area contributed by atoms with E-state index in [1.807, 2.05) is 6.92 Å². The Hall–Kier alpha value is -1.50. The predicted octanol–water partition coefficient (Wildman–Crippen LogP) is 3.96. The molecule has 0 radical (unpaired) electrons. The van der Waals surface area contributed by atoms with E-state index in [9.17, 15) is 0 Å². The van der Waals surface area contributed by atoms with Crippen LogP contribution in [0.4, 0.5) is 5.69 Å². The topological polar surface area (TPSA) is 63.6 Å². The fourth-order valence-corrected chi connectivity index (χ4v) is 3.00. The van der Waals surface area contributed by atoms with Crippen molar-refractivity contribution in [3.63, 3.8) is 0 Å². The minimum absolute atomic E-state index is 0.0627. The number of hydrogen-bond donors (Lipinski definition) is 1. The molecule has 0 fully saturated rings. The van der Waals surface area contributed by atoms with Crippen LogP contribution in [0.1, 0.15) is 18.7 Å². The molecule has 102 valence electrons. The molecule has 0 saturated heterocycles. The van der Waals surface area contributed by atoms with Crippen LogP contribution in [0.2, 0.25) is 10.0 Å². The molecule has 8 heteroatoms. The standard InChI is InChI=1S/C12H9Cl2N5S/c1-6(9-5-15-2-3-16-9)17-10-7(13)4-8(14)11-12(10)19-20-18-11/h2-6,17H,1H3. The molecule has 2 aromatic heterocycles. The molecule has 5 nitrogen and oxygen atoms in total. The molecule has 3 aromatic rings. The third-order valence-corrected chi connectivity index (χ3v) is 3.95. The number of nitrogens with one attached hydrogen (secondary N) is 1. The third kappa shape index (κ3) is 2.42. The summed E-state index contributed by atoms with van der Waals surface area (Å²) in [5, 5.41) is 4.30. The van der Waals surface area contributed by atoms with Crippen LogP contribution in [0.5, 0.6) is 0 Å². The second-order valence-corrected chi connectivity index (χ2v) is 5.52. The van der Waals surface area contributed by atoms with Crippen molar-refractivity contribution in [2.75, 3.05) is 5.32 Å². The maximum Gasteiger partial charge on any atom is 0.130 e. The summed E-state index contributed by atoms with van der Waals surface area (Å²) in [5.41, 5.74) is 2.84. The van der Waals surface area contributed by atoms with Crippen molar-refractivity contribution < 1.29 is 0 Å². The van der Waals surface area contributed by atoms with Gasteiger partial charge in [0.25, 0.3) is 0 Å². The molecule has 0 aliphatic carbocycles. The van der Waals surface area contributed by atoms with Gasteiger partial charge in [0.1, 0.15) is 11.0 Å². The normalized spacial score (nSPS) is 12.6. The molecule has 0 aliphatic rings. The Kier molecular flexibility index (Phi) is 3.69. The number of aromatic nitrogens is 4. The number of nitrogens with zero attached hydrogens (tertiary/aromatic N) is 4. The van der Waals surface area contributed by atoms with Gasteiger partial charge in [0.15, 0.2) is 0 Å². The molecular formula is C12H9Cl2N5S. The number of rotatable bonds is 3. The van der Waals surface area contributed by atoms with E-state index in [-0.39, 0.29) is 6.04 Å². The lowest BCUT2D eigenvalue weighted by molar-refractivity contribution is 0.828. The third-order valence-electron chi connectivity index (χ3n) is 2.83. The van der Waals surface area contributed by atoms with E-state index < -0.39 is 0 Å². The van der Waals surface area contributed by atoms with Crippen LogP contribution in [-0.4, -0.2) is 18.7 Å². The van der Waals surface area contributed by atoms with Crippen LogP contribution in [0, 0.1) is 0 Å². The van der Waals surface area contributed by atoms with Crippen LogP contribution in [0.25, 0.3) is 11.0 Å². The second kappa shape index (κ2) is 5.47. The fraction of sp³-hybridized carbons (Fsp3) is 0.167. The largest absolute Gasteiger partial charge is 0.374 e. The quantitative estimate of drug-likeness (QED) is 0.789. The molecule has 1 atom stereocenters. The predicted molar refractivity (Wildman–Crippen MR) is 81.5 cm³/mol. The van der Waals surface area contributed by atoms with Gasteiger partial charge in [0, 0.05) is 12.4 Å². The molecule has 2 heterocycles. The first kappa shape index (κ1) is 13.5. The van der Waals surface area contributed by atoms with E-state index in [2.05, 4.69) is 24.0 Å². The Morgan fingerprint density at radius 1 is 1.15 bits per heavy atom. The van der Waals surface area contributed by atoms with Crippen LogP contribution < -0.4 is 5.32 Å². The van der Waals surface area contributed by atoms with E-state index in [0.717, 1.165) is 17.4 Å². The molecule has 0 saturated carbocycles. The zero-order chi connectivity index (χ0) is 14.1. The Morgan fingerprint density at radius 3 is 2.70 bits per heavy atom. The first-order valence-electron chi connectivity index (χ1n) is 5.79. The number of hydrogen-bond acceptors (Lipinski definition) is 6. The summed E-state index contributed by atoms with van der Waals surface area (Å²) in [6.07, 6.45) is 4.99. The molecule has 1 unspecified atom stereocenters. The van der Waals surface area contributed by atoms with Crippen molar-refractivity contribution in [2.45, 2.75) is 13.0 Å². The molecule has 1 N–H and O–H groups in total. The maximum absolute atomic E-state index is 6.25. The Morgan fingerprint density at radius 2 is 1.95 bits per heavy atom. The van der Waals surface area contributed by atoms with Crippen molar-refractivity contribution in [1.29, 1.82) is 0 Å². The summed E-state index contributed by atoms with van der Waals surface area (Å²) in [7, 11) is 0. The van der Waals surface area contributed by atoms with Gasteiger partial charge in [-0.05, 0) is 13.0 Å². The van der Waals surface area contributed by atoms with E-state index in [1.54, 1.807) is 24.7 Å².